The van der Waals surface area contributed by atoms with Crippen LogP contribution in [0.1, 0.15) is 43.7 Å². The van der Waals surface area contributed by atoms with E-state index in [2.05, 4.69) is 6.92 Å². The van der Waals surface area contributed by atoms with E-state index in [-0.39, 0.29) is 12.2 Å². The molecule has 0 aliphatic rings. The van der Waals surface area contributed by atoms with Gasteiger partial charge in [0.25, 0.3) is 0 Å². The van der Waals surface area contributed by atoms with Gasteiger partial charge in [-0.3, -0.25) is 4.79 Å². The standard InChI is InChI=1S/C14H19FO3/c1-2-3-4-5-11-10(7-9-13(17)18)6-8-12(16)14(11)15/h6,8,16H,2-5,7,9H2,1H3,(H,17,18). The van der Waals surface area contributed by atoms with Gasteiger partial charge in [0, 0.05) is 6.42 Å². The molecular formula is C14H19FO3. The molecule has 0 spiro atoms. The van der Waals surface area contributed by atoms with Crippen LogP contribution in [0.15, 0.2) is 12.1 Å². The molecule has 2 N–H and O–H groups in total. The summed E-state index contributed by atoms with van der Waals surface area (Å²) in [4.78, 5) is 10.6. The molecule has 100 valence electrons. The van der Waals surface area contributed by atoms with E-state index in [0.29, 0.717) is 24.0 Å². The Morgan fingerprint density at radius 3 is 2.61 bits per heavy atom. The molecule has 4 heteroatoms. The molecule has 0 fully saturated rings. The maximum atomic E-state index is 13.8. The summed E-state index contributed by atoms with van der Waals surface area (Å²) in [6, 6.07) is 2.90. The lowest BCUT2D eigenvalue weighted by Crippen LogP contribution is -2.03. The molecule has 3 nitrogen and oxygen atoms in total. The van der Waals surface area contributed by atoms with Gasteiger partial charge in [-0.25, -0.2) is 4.39 Å². The number of unbranched alkanes of at least 4 members (excludes halogenated alkanes) is 2. The summed E-state index contributed by atoms with van der Waals surface area (Å²) in [5.74, 6) is -1.86. The van der Waals surface area contributed by atoms with Crippen molar-refractivity contribution in [1.82, 2.24) is 0 Å². The van der Waals surface area contributed by atoms with Crippen molar-refractivity contribution < 1.29 is 19.4 Å². The van der Waals surface area contributed by atoms with Crippen LogP contribution in [0.4, 0.5) is 4.39 Å². The molecule has 0 aromatic heterocycles. The molecule has 0 bridgehead atoms. The van der Waals surface area contributed by atoms with Crippen molar-refractivity contribution in [2.45, 2.75) is 45.4 Å². The fraction of sp³-hybridized carbons (Fsp3) is 0.500. The normalized spacial score (nSPS) is 10.6. The number of carboxylic acid groups (broad SMARTS) is 1. The van der Waals surface area contributed by atoms with Crippen LogP contribution in [0, 0.1) is 5.82 Å². The average Bonchev–Trinajstić information content (AvgIpc) is 2.33. The number of phenols is 1. The summed E-state index contributed by atoms with van der Waals surface area (Å²) >= 11 is 0. The lowest BCUT2D eigenvalue weighted by molar-refractivity contribution is -0.136. The molecule has 1 rings (SSSR count). The fourth-order valence-electron chi connectivity index (χ4n) is 1.95. The molecule has 1 aromatic carbocycles. The Labute approximate surface area is 106 Å². The van der Waals surface area contributed by atoms with Gasteiger partial charge in [0.2, 0.25) is 0 Å². The number of aliphatic carboxylic acids is 1. The van der Waals surface area contributed by atoms with Crippen molar-refractivity contribution in [3.8, 4) is 5.75 Å². The lowest BCUT2D eigenvalue weighted by Gasteiger charge is -2.11. The van der Waals surface area contributed by atoms with Crippen LogP contribution < -0.4 is 0 Å². The molecule has 0 unspecified atom stereocenters. The molecule has 1 aromatic rings. The predicted octanol–water partition coefficient (Wildman–Crippen LogP) is 3.28. The molecule has 0 heterocycles. The molecule has 0 radical (unpaired) electrons. The van der Waals surface area contributed by atoms with Crippen LogP contribution in [0.5, 0.6) is 5.75 Å². The van der Waals surface area contributed by atoms with Gasteiger partial charge in [-0.1, -0.05) is 25.8 Å². The number of carboxylic acids is 1. The quantitative estimate of drug-likeness (QED) is 0.734. The van der Waals surface area contributed by atoms with E-state index in [1.807, 2.05) is 0 Å². The summed E-state index contributed by atoms with van der Waals surface area (Å²) in [5, 5.41) is 18.0. The minimum absolute atomic E-state index is 0.0228. The smallest absolute Gasteiger partial charge is 0.303 e. The highest BCUT2D eigenvalue weighted by atomic mass is 19.1. The second-order valence-electron chi connectivity index (χ2n) is 4.39. The third-order valence-electron chi connectivity index (χ3n) is 2.96. The minimum Gasteiger partial charge on any atom is -0.505 e. The van der Waals surface area contributed by atoms with Crippen molar-refractivity contribution in [1.29, 1.82) is 0 Å². The van der Waals surface area contributed by atoms with Gasteiger partial charge >= 0.3 is 5.97 Å². The molecular weight excluding hydrogens is 235 g/mol. The highest BCUT2D eigenvalue weighted by molar-refractivity contribution is 5.67. The first kappa shape index (κ1) is 14.5. The van der Waals surface area contributed by atoms with Gasteiger partial charge in [-0.2, -0.15) is 0 Å². The molecule has 0 amide bonds. The van der Waals surface area contributed by atoms with Crippen LogP contribution >= 0.6 is 0 Å². The van der Waals surface area contributed by atoms with E-state index in [1.165, 1.54) is 6.07 Å². The van der Waals surface area contributed by atoms with E-state index < -0.39 is 11.8 Å². The Morgan fingerprint density at radius 2 is 2.00 bits per heavy atom. The summed E-state index contributed by atoms with van der Waals surface area (Å²) < 4.78 is 13.8. The molecule has 18 heavy (non-hydrogen) atoms. The number of aromatic hydroxyl groups is 1. The number of hydrogen-bond acceptors (Lipinski definition) is 2. The molecule has 0 aliphatic heterocycles. The number of hydrogen-bond donors (Lipinski definition) is 2. The molecule has 0 atom stereocenters. The van der Waals surface area contributed by atoms with Crippen LogP contribution in [0.2, 0.25) is 0 Å². The lowest BCUT2D eigenvalue weighted by atomic mass is 9.97. The fourth-order valence-corrected chi connectivity index (χ4v) is 1.95. The zero-order valence-electron chi connectivity index (χ0n) is 10.6. The van der Waals surface area contributed by atoms with Crippen LogP contribution in [0.25, 0.3) is 0 Å². The monoisotopic (exact) mass is 254 g/mol. The Hall–Kier alpha value is -1.58. The largest absolute Gasteiger partial charge is 0.505 e. The van der Waals surface area contributed by atoms with Crippen molar-refractivity contribution in [3.63, 3.8) is 0 Å². The first-order valence-electron chi connectivity index (χ1n) is 6.27. The summed E-state index contributed by atoms with van der Waals surface area (Å²) in [6.45, 7) is 2.06. The van der Waals surface area contributed by atoms with E-state index in [1.54, 1.807) is 6.07 Å². The molecule has 0 aliphatic carbocycles. The highest BCUT2D eigenvalue weighted by Crippen LogP contribution is 2.25. The van der Waals surface area contributed by atoms with Crippen LogP contribution in [0.3, 0.4) is 0 Å². The first-order chi connectivity index (χ1) is 8.56. The third kappa shape index (κ3) is 4.02. The van der Waals surface area contributed by atoms with Crippen LogP contribution in [-0.4, -0.2) is 16.2 Å². The summed E-state index contributed by atoms with van der Waals surface area (Å²) in [5.41, 5.74) is 1.15. The highest BCUT2D eigenvalue weighted by Gasteiger charge is 2.13. The Morgan fingerprint density at radius 1 is 1.28 bits per heavy atom. The third-order valence-corrected chi connectivity index (χ3v) is 2.96. The van der Waals surface area contributed by atoms with Gasteiger partial charge in [-0.15, -0.1) is 0 Å². The van der Waals surface area contributed by atoms with Crippen molar-refractivity contribution in [2.75, 3.05) is 0 Å². The summed E-state index contributed by atoms with van der Waals surface area (Å²) in [6.07, 6.45) is 3.69. The van der Waals surface area contributed by atoms with E-state index in [0.717, 1.165) is 19.3 Å². The number of carbonyl (C=O) groups is 1. The number of phenolic OH excluding ortho intramolecular Hbond substituents is 1. The number of benzene rings is 1. The van der Waals surface area contributed by atoms with Crippen molar-refractivity contribution in [3.05, 3.63) is 29.1 Å². The summed E-state index contributed by atoms with van der Waals surface area (Å²) in [7, 11) is 0. The second-order valence-corrected chi connectivity index (χ2v) is 4.39. The topological polar surface area (TPSA) is 57.5 Å². The van der Waals surface area contributed by atoms with Crippen molar-refractivity contribution in [2.24, 2.45) is 0 Å². The number of rotatable bonds is 7. The Kier molecular flexibility index (Phi) is 5.62. The first-order valence-corrected chi connectivity index (χ1v) is 6.27. The molecule has 0 saturated carbocycles. The zero-order valence-corrected chi connectivity index (χ0v) is 10.6. The molecule has 0 saturated heterocycles. The van der Waals surface area contributed by atoms with Gasteiger partial charge in [0.1, 0.15) is 0 Å². The van der Waals surface area contributed by atoms with Crippen LogP contribution in [-0.2, 0) is 17.6 Å². The Bertz CT molecular complexity index is 416. The maximum absolute atomic E-state index is 13.8. The second kappa shape index (κ2) is 6.99. The van der Waals surface area contributed by atoms with E-state index in [4.69, 9.17) is 5.11 Å². The number of aryl methyl sites for hydroxylation is 1. The van der Waals surface area contributed by atoms with Crippen molar-refractivity contribution >= 4 is 5.97 Å². The van der Waals surface area contributed by atoms with Gasteiger partial charge in [-0.05, 0) is 36.5 Å². The SMILES string of the molecule is CCCCCc1c(CCC(=O)O)ccc(O)c1F. The van der Waals surface area contributed by atoms with E-state index in [9.17, 15) is 14.3 Å². The number of halogens is 1. The maximum Gasteiger partial charge on any atom is 0.303 e. The predicted molar refractivity (Wildman–Crippen MR) is 67.3 cm³/mol. The zero-order chi connectivity index (χ0) is 13.5. The minimum atomic E-state index is -0.900. The van der Waals surface area contributed by atoms with Gasteiger partial charge in [0.15, 0.2) is 11.6 Å². The van der Waals surface area contributed by atoms with Gasteiger partial charge in [0.05, 0.1) is 0 Å². The van der Waals surface area contributed by atoms with Gasteiger partial charge < -0.3 is 10.2 Å². The van der Waals surface area contributed by atoms with E-state index >= 15 is 0 Å². The average molecular weight is 254 g/mol. The Balaban J connectivity index is 2.86.